The average molecular weight is 271 g/mol. The van der Waals surface area contributed by atoms with Crippen LogP contribution in [-0.2, 0) is 6.18 Å². The molecule has 0 aromatic heterocycles. The van der Waals surface area contributed by atoms with E-state index in [2.05, 4.69) is 0 Å². The zero-order chi connectivity index (χ0) is 13.5. The molecule has 0 unspecified atom stereocenters. The van der Waals surface area contributed by atoms with Gasteiger partial charge < -0.3 is 9.64 Å². The SMILES string of the molecule is FC(F)(F)c1cc(OC2CC2)cc(N2CCCC2)c1. The first-order chi connectivity index (χ1) is 9.02. The quantitative estimate of drug-likeness (QED) is 0.828. The number of nitrogens with zero attached hydrogens (tertiary/aromatic N) is 1. The lowest BCUT2D eigenvalue weighted by Gasteiger charge is -2.20. The molecule has 1 saturated heterocycles. The molecule has 0 bridgehead atoms. The Hall–Kier alpha value is -1.39. The van der Waals surface area contributed by atoms with Gasteiger partial charge in [0, 0.05) is 24.8 Å². The Morgan fingerprint density at radius 1 is 1.05 bits per heavy atom. The lowest BCUT2D eigenvalue weighted by Crippen LogP contribution is -2.19. The van der Waals surface area contributed by atoms with Gasteiger partial charge in [-0.25, -0.2) is 0 Å². The van der Waals surface area contributed by atoms with E-state index in [0.717, 1.165) is 44.8 Å². The highest BCUT2D eigenvalue weighted by Crippen LogP contribution is 2.37. The first-order valence-corrected chi connectivity index (χ1v) is 6.66. The lowest BCUT2D eigenvalue weighted by molar-refractivity contribution is -0.137. The highest BCUT2D eigenvalue weighted by molar-refractivity contribution is 5.54. The molecular formula is C14H16F3NO. The van der Waals surface area contributed by atoms with Gasteiger partial charge in [-0.2, -0.15) is 13.2 Å². The fourth-order valence-electron chi connectivity index (χ4n) is 2.35. The normalized spacial score (nSPS) is 19.8. The molecule has 19 heavy (non-hydrogen) atoms. The van der Waals surface area contributed by atoms with Crippen LogP contribution in [-0.4, -0.2) is 19.2 Å². The minimum atomic E-state index is -4.32. The Balaban J connectivity index is 1.92. The molecule has 1 saturated carbocycles. The van der Waals surface area contributed by atoms with Crippen molar-refractivity contribution < 1.29 is 17.9 Å². The first kappa shape index (κ1) is 12.6. The molecule has 2 nitrogen and oxygen atoms in total. The summed E-state index contributed by atoms with van der Waals surface area (Å²) in [4.78, 5) is 2.00. The van der Waals surface area contributed by atoms with E-state index in [0.29, 0.717) is 11.4 Å². The zero-order valence-electron chi connectivity index (χ0n) is 10.5. The number of hydrogen-bond donors (Lipinski definition) is 0. The Bertz CT molecular complexity index is 462. The second kappa shape index (κ2) is 4.62. The third kappa shape index (κ3) is 2.96. The molecule has 5 heteroatoms. The predicted octanol–water partition coefficient (Wildman–Crippen LogP) is 3.85. The molecule has 0 N–H and O–H groups in total. The Morgan fingerprint density at radius 3 is 2.32 bits per heavy atom. The van der Waals surface area contributed by atoms with Crippen LogP contribution in [0.25, 0.3) is 0 Å². The number of anilines is 1. The van der Waals surface area contributed by atoms with E-state index in [1.807, 2.05) is 4.90 Å². The molecule has 2 aliphatic rings. The van der Waals surface area contributed by atoms with E-state index < -0.39 is 11.7 Å². The number of rotatable bonds is 3. The van der Waals surface area contributed by atoms with Crippen molar-refractivity contribution in [2.45, 2.75) is 38.0 Å². The molecular weight excluding hydrogens is 255 g/mol. The van der Waals surface area contributed by atoms with Gasteiger partial charge in [0.1, 0.15) is 5.75 Å². The smallest absolute Gasteiger partial charge is 0.416 e. The number of alkyl halides is 3. The van der Waals surface area contributed by atoms with Crippen molar-refractivity contribution in [3.05, 3.63) is 23.8 Å². The van der Waals surface area contributed by atoms with Gasteiger partial charge in [-0.15, -0.1) is 0 Å². The number of halogens is 3. The molecule has 0 amide bonds. The fraction of sp³-hybridized carbons (Fsp3) is 0.571. The van der Waals surface area contributed by atoms with E-state index >= 15 is 0 Å². The van der Waals surface area contributed by atoms with Gasteiger partial charge in [-0.1, -0.05) is 0 Å². The maximum atomic E-state index is 12.9. The maximum Gasteiger partial charge on any atom is 0.416 e. The summed E-state index contributed by atoms with van der Waals surface area (Å²) in [5, 5.41) is 0. The van der Waals surface area contributed by atoms with Crippen molar-refractivity contribution >= 4 is 5.69 Å². The standard InChI is InChI=1S/C14H16F3NO/c15-14(16,17)10-7-11(18-5-1-2-6-18)9-13(8-10)19-12-3-4-12/h7-9,12H,1-6H2. The fourth-order valence-corrected chi connectivity index (χ4v) is 2.35. The molecule has 1 heterocycles. The highest BCUT2D eigenvalue weighted by Gasteiger charge is 2.33. The van der Waals surface area contributed by atoms with E-state index in [1.165, 1.54) is 6.07 Å². The van der Waals surface area contributed by atoms with Crippen molar-refractivity contribution in [3.63, 3.8) is 0 Å². The number of benzene rings is 1. The van der Waals surface area contributed by atoms with Crippen LogP contribution in [0.15, 0.2) is 18.2 Å². The van der Waals surface area contributed by atoms with Crippen LogP contribution in [0.1, 0.15) is 31.2 Å². The zero-order valence-corrected chi connectivity index (χ0v) is 10.5. The summed E-state index contributed by atoms with van der Waals surface area (Å²) in [6, 6.07) is 4.07. The van der Waals surface area contributed by atoms with Gasteiger partial charge >= 0.3 is 6.18 Å². The van der Waals surface area contributed by atoms with E-state index in [1.54, 1.807) is 6.07 Å². The summed E-state index contributed by atoms with van der Waals surface area (Å²) in [7, 11) is 0. The highest BCUT2D eigenvalue weighted by atomic mass is 19.4. The number of hydrogen-bond acceptors (Lipinski definition) is 2. The van der Waals surface area contributed by atoms with E-state index in [4.69, 9.17) is 4.74 Å². The molecule has 0 atom stereocenters. The van der Waals surface area contributed by atoms with Gasteiger partial charge in [0.2, 0.25) is 0 Å². The van der Waals surface area contributed by atoms with Crippen molar-refractivity contribution in [1.29, 1.82) is 0 Å². The minimum Gasteiger partial charge on any atom is -0.490 e. The van der Waals surface area contributed by atoms with Crippen LogP contribution >= 0.6 is 0 Å². The van der Waals surface area contributed by atoms with E-state index in [-0.39, 0.29) is 6.10 Å². The van der Waals surface area contributed by atoms with E-state index in [9.17, 15) is 13.2 Å². The van der Waals surface area contributed by atoms with Crippen LogP contribution in [0.3, 0.4) is 0 Å². The minimum absolute atomic E-state index is 0.106. The molecule has 1 aliphatic carbocycles. The third-order valence-corrected chi connectivity index (χ3v) is 3.52. The molecule has 0 radical (unpaired) electrons. The molecule has 3 rings (SSSR count). The van der Waals surface area contributed by atoms with Crippen molar-refractivity contribution in [2.24, 2.45) is 0 Å². The second-order valence-corrected chi connectivity index (χ2v) is 5.22. The molecule has 1 aromatic carbocycles. The molecule has 2 fully saturated rings. The Labute approximate surface area is 110 Å². The van der Waals surface area contributed by atoms with Crippen molar-refractivity contribution in [3.8, 4) is 5.75 Å². The van der Waals surface area contributed by atoms with Gasteiger partial charge in [-0.05, 0) is 37.8 Å². The van der Waals surface area contributed by atoms with Gasteiger partial charge in [0.05, 0.1) is 11.7 Å². The average Bonchev–Trinajstić information content (AvgIpc) is 2.99. The predicted molar refractivity (Wildman–Crippen MR) is 66.5 cm³/mol. The largest absolute Gasteiger partial charge is 0.490 e. The molecule has 1 aromatic rings. The molecule has 104 valence electrons. The summed E-state index contributed by atoms with van der Waals surface area (Å²) in [5.74, 6) is 0.347. The van der Waals surface area contributed by atoms with Gasteiger partial charge in [0.25, 0.3) is 0 Å². The first-order valence-electron chi connectivity index (χ1n) is 6.66. The summed E-state index contributed by atoms with van der Waals surface area (Å²) in [5.41, 5.74) is 0.00975. The summed E-state index contributed by atoms with van der Waals surface area (Å²) in [6.07, 6.45) is -0.263. The van der Waals surface area contributed by atoms with Crippen LogP contribution in [0, 0.1) is 0 Å². The Kier molecular flexibility index (Phi) is 3.07. The topological polar surface area (TPSA) is 12.5 Å². The maximum absolute atomic E-state index is 12.9. The second-order valence-electron chi connectivity index (χ2n) is 5.22. The number of ether oxygens (including phenoxy) is 1. The van der Waals surface area contributed by atoms with Gasteiger partial charge in [0.15, 0.2) is 0 Å². The van der Waals surface area contributed by atoms with Crippen LogP contribution in [0.5, 0.6) is 5.75 Å². The van der Waals surface area contributed by atoms with Crippen LogP contribution in [0.2, 0.25) is 0 Å². The van der Waals surface area contributed by atoms with Crippen LogP contribution in [0.4, 0.5) is 18.9 Å². The molecule has 0 spiro atoms. The van der Waals surface area contributed by atoms with Crippen molar-refractivity contribution in [2.75, 3.05) is 18.0 Å². The summed E-state index contributed by atoms with van der Waals surface area (Å²) >= 11 is 0. The summed E-state index contributed by atoms with van der Waals surface area (Å²) in [6.45, 7) is 1.65. The van der Waals surface area contributed by atoms with Gasteiger partial charge in [-0.3, -0.25) is 0 Å². The van der Waals surface area contributed by atoms with Crippen LogP contribution < -0.4 is 9.64 Å². The lowest BCUT2D eigenvalue weighted by atomic mass is 10.1. The third-order valence-electron chi connectivity index (χ3n) is 3.52. The Morgan fingerprint density at radius 2 is 1.74 bits per heavy atom. The monoisotopic (exact) mass is 271 g/mol. The van der Waals surface area contributed by atoms with Crippen molar-refractivity contribution in [1.82, 2.24) is 0 Å². The molecule has 1 aliphatic heterocycles. The summed E-state index contributed by atoms with van der Waals surface area (Å²) < 4.78 is 44.3.